The maximum absolute atomic E-state index is 5.54. The van der Waals surface area contributed by atoms with Crippen molar-refractivity contribution < 1.29 is 0 Å². The molecule has 1 heterocycles. The smallest absolute Gasteiger partial charge is 0.245 e. The van der Waals surface area contributed by atoms with Crippen LogP contribution in [0.2, 0.25) is 0 Å². The Hall–Kier alpha value is -1.75. The van der Waals surface area contributed by atoms with Gasteiger partial charge in [-0.25, -0.2) is 4.98 Å². The molecule has 0 aliphatic rings. The Morgan fingerprint density at radius 2 is 1.94 bits per heavy atom. The van der Waals surface area contributed by atoms with Gasteiger partial charge in [-0.05, 0) is 19.1 Å². The maximum atomic E-state index is 5.54. The van der Waals surface area contributed by atoms with Crippen LogP contribution in [0, 0.1) is 0 Å². The van der Waals surface area contributed by atoms with Crippen LogP contribution in [-0.2, 0) is 0 Å². The highest BCUT2D eigenvalue weighted by Gasteiger charge is 2.07. The third-order valence-corrected chi connectivity index (χ3v) is 2.41. The van der Waals surface area contributed by atoms with Crippen LogP contribution in [0.25, 0.3) is 11.0 Å². The number of anilines is 1. The first-order valence-electron chi connectivity index (χ1n) is 5.39. The number of rotatable bonds is 4. The largest absolute Gasteiger partial charge is 0.339 e. The molecule has 2 N–H and O–H groups in total. The van der Waals surface area contributed by atoms with Gasteiger partial charge in [-0.1, -0.05) is 12.1 Å². The zero-order valence-electron chi connectivity index (χ0n) is 9.30. The van der Waals surface area contributed by atoms with Gasteiger partial charge in [0.1, 0.15) is 5.52 Å². The average molecular weight is 217 g/mol. The lowest BCUT2D eigenvalue weighted by atomic mass is 10.3. The highest BCUT2D eigenvalue weighted by molar-refractivity contribution is 5.74. The minimum Gasteiger partial charge on any atom is -0.339 e. The first-order valence-corrected chi connectivity index (χ1v) is 5.39. The van der Waals surface area contributed by atoms with E-state index in [0.717, 1.165) is 24.1 Å². The zero-order valence-corrected chi connectivity index (χ0v) is 9.30. The molecule has 0 saturated carbocycles. The van der Waals surface area contributed by atoms with E-state index in [-0.39, 0.29) is 0 Å². The number of hydrogen-bond donors (Lipinski definition) is 1. The topological polar surface area (TPSA) is 67.9 Å². The maximum Gasteiger partial charge on any atom is 0.245 e. The number of nitrogens with two attached hydrogens (primary N) is 1. The average Bonchev–Trinajstić information content (AvgIpc) is 2.35. The predicted molar refractivity (Wildman–Crippen MR) is 64.3 cm³/mol. The minimum atomic E-state index is 0.587. The summed E-state index contributed by atoms with van der Waals surface area (Å²) in [7, 11) is 0. The minimum absolute atomic E-state index is 0.587. The summed E-state index contributed by atoms with van der Waals surface area (Å²) >= 11 is 0. The van der Waals surface area contributed by atoms with Crippen LogP contribution >= 0.6 is 0 Å². The predicted octanol–water partition coefficient (Wildman–Crippen LogP) is 0.810. The van der Waals surface area contributed by atoms with E-state index in [1.165, 1.54) is 0 Å². The van der Waals surface area contributed by atoms with Crippen molar-refractivity contribution in [2.45, 2.75) is 6.92 Å². The fraction of sp³-hybridized carbons (Fsp3) is 0.364. The molecule has 2 rings (SSSR count). The number of fused-ring (bicyclic) bond motifs is 1. The molecule has 84 valence electrons. The molecule has 1 aromatic carbocycles. The van der Waals surface area contributed by atoms with E-state index in [1.807, 2.05) is 36.1 Å². The molecule has 0 aliphatic heterocycles. The van der Waals surface area contributed by atoms with Crippen molar-refractivity contribution in [2.75, 3.05) is 24.5 Å². The summed E-state index contributed by atoms with van der Waals surface area (Å²) in [6.07, 6.45) is 0. The number of benzene rings is 1. The summed E-state index contributed by atoms with van der Waals surface area (Å²) in [5, 5.41) is 8.24. The van der Waals surface area contributed by atoms with Gasteiger partial charge in [0.25, 0.3) is 0 Å². The van der Waals surface area contributed by atoms with Crippen molar-refractivity contribution in [3.8, 4) is 0 Å². The van der Waals surface area contributed by atoms with Gasteiger partial charge >= 0.3 is 0 Å². The zero-order chi connectivity index (χ0) is 11.4. The van der Waals surface area contributed by atoms with Gasteiger partial charge in [-0.2, -0.15) is 0 Å². The molecular weight excluding hydrogens is 202 g/mol. The van der Waals surface area contributed by atoms with Crippen LogP contribution in [0.15, 0.2) is 24.3 Å². The Labute approximate surface area is 94.3 Å². The Morgan fingerprint density at radius 3 is 2.62 bits per heavy atom. The fourth-order valence-corrected chi connectivity index (χ4v) is 1.56. The molecule has 0 amide bonds. The van der Waals surface area contributed by atoms with Crippen molar-refractivity contribution in [3.63, 3.8) is 0 Å². The first kappa shape index (κ1) is 10.8. The lowest BCUT2D eigenvalue weighted by molar-refractivity contribution is 0.772. The quantitative estimate of drug-likeness (QED) is 0.820. The Bertz CT molecular complexity index is 471. The summed E-state index contributed by atoms with van der Waals surface area (Å²) in [5.41, 5.74) is 7.22. The molecule has 0 atom stereocenters. The number of hydrogen-bond acceptors (Lipinski definition) is 5. The van der Waals surface area contributed by atoms with Crippen LogP contribution < -0.4 is 10.6 Å². The van der Waals surface area contributed by atoms with Gasteiger partial charge in [0, 0.05) is 19.6 Å². The SMILES string of the molecule is CCN(CCN)c1nnc2ccccc2n1. The highest BCUT2D eigenvalue weighted by atomic mass is 15.3. The van der Waals surface area contributed by atoms with E-state index < -0.39 is 0 Å². The molecule has 0 aliphatic carbocycles. The van der Waals surface area contributed by atoms with Gasteiger partial charge in [0.05, 0.1) is 5.52 Å². The molecular formula is C11H15N5. The van der Waals surface area contributed by atoms with Gasteiger partial charge < -0.3 is 10.6 Å². The standard InChI is InChI=1S/C11H15N5/c1-2-16(8-7-12)11-13-9-5-3-4-6-10(9)14-15-11/h3-6H,2,7-8,12H2,1H3. The molecule has 0 spiro atoms. The van der Waals surface area contributed by atoms with E-state index in [2.05, 4.69) is 15.2 Å². The van der Waals surface area contributed by atoms with E-state index in [0.29, 0.717) is 12.5 Å². The lowest BCUT2D eigenvalue weighted by Gasteiger charge is -2.18. The van der Waals surface area contributed by atoms with Crippen molar-refractivity contribution in [1.82, 2.24) is 15.2 Å². The lowest BCUT2D eigenvalue weighted by Crippen LogP contribution is -2.30. The Morgan fingerprint density at radius 1 is 1.19 bits per heavy atom. The van der Waals surface area contributed by atoms with Crippen LogP contribution in [0.3, 0.4) is 0 Å². The normalized spacial score (nSPS) is 10.6. The molecule has 0 saturated heterocycles. The summed E-state index contributed by atoms with van der Waals surface area (Å²) in [5.74, 6) is 0.645. The molecule has 5 nitrogen and oxygen atoms in total. The van der Waals surface area contributed by atoms with Crippen LogP contribution in [0.4, 0.5) is 5.95 Å². The Balaban J connectivity index is 2.37. The van der Waals surface area contributed by atoms with Crippen LogP contribution in [0.5, 0.6) is 0 Å². The van der Waals surface area contributed by atoms with Crippen molar-refractivity contribution >= 4 is 17.0 Å². The van der Waals surface area contributed by atoms with Crippen LogP contribution in [0.1, 0.15) is 6.92 Å². The third kappa shape index (κ3) is 2.09. The highest BCUT2D eigenvalue weighted by Crippen LogP contribution is 2.11. The monoisotopic (exact) mass is 217 g/mol. The summed E-state index contributed by atoms with van der Waals surface area (Å²) in [6, 6.07) is 7.71. The number of para-hydroxylation sites is 1. The molecule has 0 bridgehead atoms. The van der Waals surface area contributed by atoms with Crippen molar-refractivity contribution in [1.29, 1.82) is 0 Å². The molecule has 2 aromatic rings. The summed E-state index contributed by atoms with van der Waals surface area (Å²) < 4.78 is 0. The van der Waals surface area contributed by atoms with E-state index in [4.69, 9.17) is 5.73 Å². The number of nitrogens with zero attached hydrogens (tertiary/aromatic N) is 4. The van der Waals surface area contributed by atoms with Crippen molar-refractivity contribution in [2.24, 2.45) is 5.73 Å². The van der Waals surface area contributed by atoms with Crippen LogP contribution in [-0.4, -0.2) is 34.8 Å². The van der Waals surface area contributed by atoms with Gasteiger partial charge in [-0.3, -0.25) is 0 Å². The molecule has 0 fully saturated rings. The van der Waals surface area contributed by atoms with E-state index in [1.54, 1.807) is 0 Å². The van der Waals surface area contributed by atoms with E-state index >= 15 is 0 Å². The second-order valence-corrected chi connectivity index (χ2v) is 3.47. The molecule has 5 heteroatoms. The fourth-order valence-electron chi connectivity index (χ4n) is 1.56. The second-order valence-electron chi connectivity index (χ2n) is 3.47. The molecule has 16 heavy (non-hydrogen) atoms. The molecule has 0 unspecified atom stereocenters. The summed E-state index contributed by atoms with van der Waals surface area (Å²) in [6.45, 7) is 4.21. The number of aromatic nitrogens is 3. The second kappa shape index (κ2) is 4.85. The van der Waals surface area contributed by atoms with Gasteiger partial charge in [-0.15, -0.1) is 10.2 Å². The first-order chi connectivity index (χ1) is 7.85. The summed E-state index contributed by atoms with van der Waals surface area (Å²) in [4.78, 5) is 6.48. The molecule has 1 aromatic heterocycles. The molecule has 0 radical (unpaired) electrons. The van der Waals surface area contributed by atoms with Gasteiger partial charge in [0.15, 0.2) is 0 Å². The van der Waals surface area contributed by atoms with Gasteiger partial charge in [0.2, 0.25) is 5.95 Å². The number of likely N-dealkylation sites (N-methyl/N-ethyl adjacent to an activating group) is 1. The van der Waals surface area contributed by atoms with E-state index in [9.17, 15) is 0 Å². The Kier molecular flexibility index (Phi) is 3.26. The van der Waals surface area contributed by atoms with Crippen molar-refractivity contribution in [3.05, 3.63) is 24.3 Å². The third-order valence-electron chi connectivity index (χ3n) is 2.41.